The molecule has 0 aromatic heterocycles. The van der Waals surface area contributed by atoms with Crippen molar-refractivity contribution in [3.05, 3.63) is 35.9 Å². The van der Waals surface area contributed by atoms with E-state index in [2.05, 4.69) is 9.05 Å². The van der Waals surface area contributed by atoms with Gasteiger partial charge in [-0.15, -0.1) is 0 Å². The van der Waals surface area contributed by atoms with Crippen molar-refractivity contribution in [3.8, 4) is 11.5 Å². The van der Waals surface area contributed by atoms with E-state index in [-0.39, 0.29) is 27.8 Å². The molecule has 0 atom stereocenters. The van der Waals surface area contributed by atoms with Crippen LogP contribution in [-0.2, 0) is 9.13 Å². The van der Waals surface area contributed by atoms with E-state index >= 15 is 0 Å². The van der Waals surface area contributed by atoms with Crippen LogP contribution in [0, 0.1) is 6.92 Å². The van der Waals surface area contributed by atoms with Crippen LogP contribution in [0.4, 0.5) is 0 Å². The molecule has 0 spiro atoms. The van der Waals surface area contributed by atoms with Gasteiger partial charge in [0.05, 0.1) is 0 Å². The summed E-state index contributed by atoms with van der Waals surface area (Å²) in [5.41, 5.74) is 0.264. The smallest absolute Gasteiger partial charge is 0.404 e. The number of hydrogen-bond acceptors (Lipinski definition) is 4. The molecule has 0 saturated heterocycles. The minimum Gasteiger partial charge on any atom is -0.404 e. The third-order valence-electron chi connectivity index (χ3n) is 2.57. The molecule has 8 nitrogen and oxygen atoms in total. The van der Waals surface area contributed by atoms with Crippen molar-refractivity contribution in [2.24, 2.45) is 0 Å². The molecule has 0 amide bonds. The van der Waals surface area contributed by atoms with Gasteiger partial charge in [-0.3, -0.25) is 19.6 Å². The first-order valence-electron chi connectivity index (χ1n) is 5.59. The van der Waals surface area contributed by atoms with E-state index in [4.69, 9.17) is 19.6 Å². The van der Waals surface area contributed by atoms with Crippen molar-refractivity contribution in [1.82, 2.24) is 0 Å². The molecule has 0 saturated carbocycles. The number of hydrogen-bond donors (Lipinski definition) is 4. The van der Waals surface area contributed by atoms with E-state index in [9.17, 15) is 9.13 Å². The monoisotopic (exact) mass is 334 g/mol. The maximum atomic E-state index is 11.0. The lowest BCUT2D eigenvalue weighted by atomic mass is 10.1. The Labute approximate surface area is 119 Å². The molecule has 0 radical (unpaired) electrons. The minimum absolute atomic E-state index is 0.0722. The first-order valence-corrected chi connectivity index (χ1v) is 8.65. The maximum absolute atomic E-state index is 11.0. The lowest BCUT2D eigenvalue weighted by molar-refractivity contribution is 0.279. The summed E-state index contributed by atoms with van der Waals surface area (Å²) in [5.74, 6) is -0.175. The van der Waals surface area contributed by atoms with Gasteiger partial charge in [-0.1, -0.05) is 24.3 Å². The quantitative estimate of drug-likeness (QED) is 0.625. The summed E-state index contributed by atoms with van der Waals surface area (Å²) in [6, 6.07) is 7.42. The van der Waals surface area contributed by atoms with Crippen LogP contribution in [-0.4, -0.2) is 19.6 Å². The Hall–Kier alpha value is -1.40. The molecule has 0 bridgehead atoms. The highest BCUT2D eigenvalue weighted by atomic mass is 31.2. The van der Waals surface area contributed by atoms with E-state index in [0.717, 1.165) is 0 Å². The number of fused-ring (bicyclic) bond motifs is 1. The second kappa shape index (κ2) is 5.42. The van der Waals surface area contributed by atoms with Crippen molar-refractivity contribution in [3.63, 3.8) is 0 Å². The number of benzene rings is 2. The second-order valence-corrected chi connectivity index (χ2v) is 6.56. The number of phosphoric acid groups is 2. The normalized spacial score (nSPS) is 12.4. The van der Waals surface area contributed by atoms with Crippen LogP contribution in [0.25, 0.3) is 10.8 Å². The van der Waals surface area contributed by atoms with E-state index < -0.39 is 15.6 Å². The van der Waals surface area contributed by atoms with Crippen LogP contribution in [0.5, 0.6) is 11.5 Å². The molecule has 0 unspecified atom stereocenters. The molecule has 0 fully saturated rings. The van der Waals surface area contributed by atoms with Crippen LogP contribution in [0.15, 0.2) is 30.3 Å². The highest BCUT2D eigenvalue weighted by molar-refractivity contribution is 7.47. The molecule has 2 rings (SSSR count). The van der Waals surface area contributed by atoms with E-state index in [0.29, 0.717) is 0 Å². The summed E-state index contributed by atoms with van der Waals surface area (Å²) >= 11 is 0. The SMILES string of the molecule is Cc1cc(OP(=O)(O)O)c2ccccc2c1OP(=O)(O)O. The molecule has 4 N–H and O–H groups in total. The van der Waals surface area contributed by atoms with Crippen molar-refractivity contribution < 1.29 is 37.8 Å². The zero-order valence-electron chi connectivity index (χ0n) is 10.7. The molecule has 0 heterocycles. The van der Waals surface area contributed by atoms with Crippen LogP contribution in [0.2, 0.25) is 0 Å². The molecule has 21 heavy (non-hydrogen) atoms. The van der Waals surface area contributed by atoms with E-state index in [1.807, 2.05) is 0 Å². The van der Waals surface area contributed by atoms with Crippen molar-refractivity contribution >= 4 is 26.4 Å². The summed E-state index contributed by atoms with van der Waals surface area (Å²) in [6.45, 7) is 1.48. The van der Waals surface area contributed by atoms with Gasteiger partial charge in [-0.05, 0) is 18.6 Å². The molecule has 10 heteroatoms. The average molecular weight is 334 g/mol. The first kappa shape index (κ1) is 16.0. The minimum atomic E-state index is -4.77. The van der Waals surface area contributed by atoms with Gasteiger partial charge in [0.15, 0.2) is 0 Å². The molecule has 0 aliphatic carbocycles. The summed E-state index contributed by atoms with van der Waals surface area (Å²) in [7, 11) is -9.53. The highest BCUT2D eigenvalue weighted by Crippen LogP contribution is 2.47. The predicted octanol–water partition coefficient (Wildman–Crippen LogP) is 2.09. The van der Waals surface area contributed by atoms with Crippen LogP contribution < -0.4 is 9.05 Å². The van der Waals surface area contributed by atoms with Gasteiger partial charge in [-0.2, -0.15) is 0 Å². The topological polar surface area (TPSA) is 134 Å². The summed E-state index contributed by atoms with van der Waals surface area (Å²) < 4.78 is 31.3. The Kier molecular flexibility index (Phi) is 4.13. The molecule has 114 valence electrons. The molecular weight excluding hydrogens is 322 g/mol. The summed E-state index contributed by atoms with van der Waals surface area (Å²) in [4.78, 5) is 35.7. The number of phosphoric ester groups is 2. The first-order chi connectivity index (χ1) is 9.57. The maximum Gasteiger partial charge on any atom is 0.524 e. The van der Waals surface area contributed by atoms with Gasteiger partial charge in [0.1, 0.15) is 11.5 Å². The van der Waals surface area contributed by atoms with Crippen LogP contribution in [0.1, 0.15) is 5.56 Å². The van der Waals surface area contributed by atoms with Crippen molar-refractivity contribution in [2.75, 3.05) is 0 Å². The average Bonchev–Trinajstić information content (AvgIpc) is 2.31. The lowest BCUT2D eigenvalue weighted by Crippen LogP contribution is -1.97. The zero-order valence-corrected chi connectivity index (χ0v) is 12.5. The largest absolute Gasteiger partial charge is 0.524 e. The Bertz CT molecular complexity index is 775. The van der Waals surface area contributed by atoms with Gasteiger partial charge in [0.2, 0.25) is 0 Å². The Morgan fingerprint density at radius 3 is 1.95 bits per heavy atom. The van der Waals surface area contributed by atoms with Crippen molar-refractivity contribution in [1.29, 1.82) is 0 Å². The molecular formula is C11H12O8P2. The van der Waals surface area contributed by atoms with E-state index in [1.165, 1.54) is 25.1 Å². The Morgan fingerprint density at radius 2 is 1.43 bits per heavy atom. The molecule has 2 aromatic carbocycles. The van der Waals surface area contributed by atoms with Gasteiger partial charge < -0.3 is 9.05 Å². The number of rotatable bonds is 4. The standard InChI is InChI=1S/C11H12O8P2/c1-7-6-10(18-20(12,13)14)8-4-2-3-5-9(8)11(7)19-21(15,16)17/h2-6H,1H3,(H2,12,13,14)(H2,15,16,17). The summed E-state index contributed by atoms with van der Waals surface area (Å²) in [5, 5.41) is 0.527. The Balaban J connectivity index is 2.69. The van der Waals surface area contributed by atoms with Crippen LogP contribution in [0.3, 0.4) is 0 Å². The fourth-order valence-corrected chi connectivity index (χ4v) is 2.78. The fourth-order valence-electron chi connectivity index (χ4n) is 1.89. The molecule has 0 aliphatic heterocycles. The number of aryl methyl sites for hydroxylation is 1. The van der Waals surface area contributed by atoms with Gasteiger partial charge >= 0.3 is 15.6 Å². The fraction of sp³-hybridized carbons (Fsp3) is 0.0909. The summed E-state index contributed by atoms with van der Waals surface area (Å²) in [6.07, 6.45) is 0. The van der Waals surface area contributed by atoms with Gasteiger partial charge in [-0.25, -0.2) is 9.13 Å². The molecule has 2 aromatic rings. The van der Waals surface area contributed by atoms with E-state index in [1.54, 1.807) is 12.1 Å². The zero-order chi connectivity index (χ0) is 15.8. The lowest BCUT2D eigenvalue weighted by Gasteiger charge is -2.16. The van der Waals surface area contributed by atoms with Gasteiger partial charge in [0.25, 0.3) is 0 Å². The third-order valence-corrected chi connectivity index (χ3v) is 3.43. The molecule has 0 aliphatic rings. The van der Waals surface area contributed by atoms with Gasteiger partial charge in [0, 0.05) is 10.8 Å². The third kappa shape index (κ3) is 4.04. The predicted molar refractivity (Wildman–Crippen MR) is 74.0 cm³/mol. The van der Waals surface area contributed by atoms with Crippen molar-refractivity contribution in [2.45, 2.75) is 6.92 Å². The van der Waals surface area contributed by atoms with Crippen LogP contribution >= 0.6 is 15.6 Å². The second-order valence-electron chi connectivity index (χ2n) is 4.23. The highest BCUT2D eigenvalue weighted by Gasteiger charge is 2.23. The Morgan fingerprint density at radius 1 is 0.905 bits per heavy atom.